The zero-order valence-corrected chi connectivity index (χ0v) is 14.9. The predicted octanol–water partition coefficient (Wildman–Crippen LogP) is 4.44. The van der Waals surface area contributed by atoms with Crippen LogP contribution < -0.4 is 9.46 Å². The molecule has 0 heterocycles. The molecule has 0 saturated heterocycles. The first-order valence-electron chi connectivity index (χ1n) is 7.30. The number of methoxy groups -OCH3 is 1. The number of nitrogens with zero attached hydrogens (tertiary/aromatic N) is 1. The Morgan fingerprint density at radius 2 is 1.48 bits per heavy atom. The maximum atomic E-state index is 12.9. The van der Waals surface area contributed by atoms with Crippen LogP contribution in [0.15, 0.2) is 41.3 Å². The number of rotatable bonds is 5. The monoisotopic (exact) mass is 444 g/mol. The molecule has 0 bridgehead atoms. The van der Waals surface area contributed by atoms with E-state index in [-0.39, 0.29) is 18.2 Å². The number of benzene rings is 2. The molecule has 14 heteroatoms. The summed E-state index contributed by atoms with van der Waals surface area (Å²) in [4.78, 5) is 9.06. The third kappa shape index (κ3) is 5.07. The lowest BCUT2D eigenvalue weighted by Gasteiger charge is -2.16. The van der Waals surface area contributed by atoms with Gasteiger partial charge in [0.15, 0.2) is 0 Å². The van der Waals surface area contributed by atoms with Gasteiger partial charge in [0.1, 0.15) is 10.6 Å². The summed E-state index contributed by atoms with van der Waals surface area (Å²) in [5.41, 5.74) is -5.21. The molecule has 2 aromatic rings. The smallest absolute Gasteiger partial charge is 0.416 e. The number of halogens is 6. The third-order valence-corrected chi connectivity index (χ3v) is 4.89. The highest BCUT2D eigenvalue weighted by atomic mass is 32.2. The molecule has 0 fully saturated rings. The van der Waals surface area contributed by atoms with E-state index in [0.29, 0.717) is 6.07 Å². The first kappa shape index (κ1) is 22.3. The van der Waals surface area contributed by atoms with E-state index in [0.717, 1.165) is 19.2 Å². The van der Waals surface area contributed by atoms with Crippen molar-refractivity contribution in [3.63, 3.8) is 0 Å². The Kier molecular flexibility index (Phi) is 5.70. The van der Waals surface area contributed by atoms with E-state index < -0.39 is 60.4 Å². The lowest BCUT2D eigenvalue weighted by molar-refractivity contribution is -0.385. The van der Waals surface area contributed by atoms with E-state index in [9.17, 15) is 44.9 Å². The van der Waals surface area contributed by atoms with Gasteiger partial charge in [-0.3, -0.25) is 14.8 Å². The Bertz CT molecular complexity index is 1020. The fourth-order valence-electron chi connectivity index (χ4n) is 2.21. The Hall–Kier alpha value is -3.03. The van der Waals surface area contributed by atoms with Gasteiger partial charge < -0.3 is 4.74 Å². The molecular formula is C15H10F6N2O5S. The van der Waals surface area contributed by atoms with Crippen LogP contribution in [0.1, 0.15) is 11.1 Å². The minimum absolute atomic E-state index is 0.163. The van der Waals surface area contributed by atoms with Crippen molar-refractivity contribution < 1.29 is 44.4 Å². The van der Waals surface area contributed by atoms with Gasteiger partial charge >= 0.3 is 12.4 Å². The molecule has 0 amide bonds. The summed E-state index contributed by atoms with van der Waals surface area (Å²) in [5, 5.41) is 10.8. The van der Waals surface area contributed by atoms with Crippen molar-refractivity contribution in [1.82, 2.24) is 0 Å². The van der Waals surface area contributed by atoms with E-state index in [4.69, 9.17) is 4.74 Å². The van der Waals surface area contributed by atoms with Crippen LogP contribution in [0.4, 0.5) is 37.7 Å². The highest BCUT2D eigenvalue weighted by molar-refractivity contribution is 7.92. The second kappa shape index (κ2) is 7.42. The summed E-state index contributed by atoms with van der Waals surface area (Å²) in [7, 11) is -3.83. The van der Waals surface area contributed by atoms with Crippen LogP contribution >= 0.6 is 0 Å². The van der Waals surface area contributed by atoms with Gasteiger partial charge in [-0.05, 0) is 24.3 Å². The van der Waals surface area contributed by atoms with E-state index in [1.807, 2.05) is 0 Å². The van der Waals surface area contributed by atoms with E-state index in [2.05, 4.69) is 0 Å². The van der Waals surface area contributed by atoms with Gasteiger partial charge in [0, 0.05) is 12.1 Å². The maximum absolute atomic E-state index is 12.9. The van der Waals surface area contributed by atoms with Gasteiger partial charge in [-0.1, -0.05) is 0 Å². The molecule has 0 aliphatic carbocycles. The quantitative estimate of drug-likeness (QED) is 0.418. The number of nitrogens with one attached hydrogen (secondary N) is 1. The van der Waals surface area contributed by atoms with Crippen LogP contribution in [0.5, 0.6) is 5.75 Å². The summed E-state index contributed by atoms with van der Waals surface area (Å²) < 4.78 is 109. The first-order valence-corrected chi connectivity index (χ1v) is 8.78. The van der Waals surface area contributed by atoms with E-state index in [1.54, 1.807) is 4.72 Å². The summed E-state index contributed by atoms with van der Waals surface area (Å²) in [6, 6.07) is 2.53. The number of hydrogen-bond acceptors (Lipinski definition) is 5. The number of nitro groups is 1. The summed E-state index contributed by atoms with van der Waals surface area (Å²) >= 11 is 0. The zero-order valence-electron chi connectivity index (χ0n) is 14.1. The third-order valence-electron chi connectivity index (χ3n) is 3.49. The van der Waals surface area contributed by atoms with Crippen molar-refractivity contribution in [2.75, 3.05) is 11.8 Å². The molecule has 2 rings (SSSR count). The molecule has 0 aliphatic heterocycles. The molecule has 7 nitrogen and oxygen atoms in total. The van der Waals surface area contributed by atoms with Crippen molar-refractivity contribution in [2.45, 2.75) is 17.2 Å². The molecule has 1 N–H and O–H groups in total. The number of hydrogen-bond donors (Lipinski definition) is 1. The minimum Gasteiger partial charge on any atom is -0.495 e. The normalized spacial score (nSPS) is 12.5. The maximum Gasteiger partial charge on any atom is 0.416 e. The SMILES string of the molecule is COc1ccc([N+](=O)[O-])cc1S(=O)(=O)Nc1cc(C(F)(F)F)cc(C(F)(F)F)c1. The Labute approximate surface area is 159 Å². The predicted molar refractivity (Wildman–Crippen MR) is 86.9 cm³/mol. The zero-order chi connectivity index (χ0) is 22.2. The Balaban J connectivity index is 2.61. The molecule has 0 unspecified atom stereocenters. The average Bonchev–Trinajstić information content (AvgIpc) is 2.58. The van der Waals surface area contributed by atoms with Crippen molar-refractivity contribution in [1.29, 1.82) is 0 Å². The number of anilines is 1. The number of ether oxygens (including phenoxy) is 1. The van der Waals surface area contributed by atoms with Crippen molar-refractivity contribution in [2.24, 2.45) is 0 Å². The summed E-state index contributed by atoms with van der Waals surface area (Å²) in [5.74, 6) is -0.411. The average molecular weight is 444 g/mol. The van der Waals surface area contributed by atoms with Crippen LogP contribution in [0.2, 0.25) is 0 Å². The number of non-ortho nitro benzene ring substituents is 1. The van der Waals surface area contributed by atoms with Gasteiger partial charge in [-0.25, -0.2) is 8.42 Å². The molecule has 0 aliphatic rings. The van der Waals surface area contributed by atoms with Gasteiger partial charge in [0.2, 0.25) is 0 Å². The fourth-order valence-corrected chi connectivity index (χ4v) is 3.44. The lowest BCUT2D eigenvalue weighted by Crippen LogP contribution is -2.17. The molecule has 29 heavy (non-hydrogen) atoms. The molecule has 0 atom stereocenters. The highest BCUT2D eigenvalue weighted by Gasteiger charge is 2.37. The summed E-state index contributed by atoms with van der Waals surface area (Å²) in [6.45, 7) is 0. The second-order valence-electron chi connectivity index (χ2n) is 5.49. The lowest BCUT2D eigenvalue weighted by atomic mass is 10.1. The highest BCUT2D eigenvalue weighted by Crippen LogP contribution is 2.38. The van der Waals surface area contributed by atoms with Crippen LogP contribution in [0, 0.1) is 10.1 Å². The molecule has 0 aromatic heterocycles. The van der Waals surface area contributed by atoms with Gasteiger partial charge in [-0.2, -0.15) is 26.3 Å². The minimum atomic E-state index is -5.19. The fraction of sp³-hybridized carbons (Fsp3) is 0.200. The van der Waals surface area contributed by atoms with Gasteiger partial charge in [0.25, 0.3) is 15.7 Å². The van der Waals surface area contributed by atoms with E-state index in [1.165, 1.54) is 0 Å². The van der Waals surface area contributed by atoms with Crippen molar-refractivity contribution >= 4 is 21.4 Å². The topological polar surface area (TPSA) is 98.5 Å². The molecule has 0 saturated carbocycles. The molecule has 2 aromatic carbocycles. The number of sulfonamides is 1. The Morgan fingerprint density at radius 1 is 0.966 bits per heavy atom. The van der Waals surface area contributed by atoms with Crippen LogP contribution in [0.3, 0.4) is 0 Å². The molecule has 158 valence electrons. The van der Waals surface area contributed by atoms with Gasteiger partial charge in [0.05, 0.1) is 28.8 Å². The van der Waals surface area contributed by atoms with Crippen LogP contribution in [0.25, 0.3) is 0 Å². The molecule has 0 spiro atoms. The molecule has 0 radical (unpaired) electrons. The Morgan fingerprint density at radius 3 is 1.90 bits per heavy atom. The number of alkyl halides is 6. The molecular weight excluding hydrogens is 434 g/mol. The first-order chi connectivity index (χ1) is 13.1. The van der Waals surface area contributed by atoms with Crippen LogP contribution in [-0.4, -0.2) is 20.5 Å². The van der Waals surface area contributed by atoms with Gasteiger partial charge in [-0.15, -0.1) is 0 Å². The van der Waals surface area contributed by atoms with Crippen molar-refractivity contribution in [3.05, 3.63) is 57.6 Å². The summed E-state index contributed by atoms with van der Waals surface area (Å²) in [6.07, 6.45) is -10.4. The largest absolute Gasteiger partial charge is 0.495 e. The number of nitro benzene ring substituents is 1. The van der Waals surface area contributed by atoms with E-state index >= 15 is 0 Å². The second-order valence-corrected chi connectivity index (χ2v) is 7.14. The van der Waals surface area contributed by atoms with Crippen molar-refractivity contribution in [3.8, 4) is 5.75 Å². The van der Waals surface area contributed by atoms with Crippen LogP contribution in [-0.2, 0) is 22.4 Å². The standard InChI is InChI=1S/C15H10F6N2O5S/c1-28-12-3-2-11(23(24)25)7-13(12)29(26,27)22-10-5-8(14(16,17)18)4-9(6-10)15(19,20)21/h2-7,22H,1H3.